The molecule has 5 heteroatoms. The van der Waals surface area contributed by atoms with Gasteiger partial charge in [-0.15, -0.1) is 0 Å². The Kier molecular flexibility index (Phi) is 3.78. The van der Waals surface area contributed by atoms with E-state index in [9.17, 15) is 9.90 Å². The number of hydrogen-bond acceptors (Lipinski definition) is 5. The predicted octanol–water partition coefficient (Wildman–Crippen LogP) is -0.226. The van der Waals surface area contributed by atoms with Gasteiger partial charge in [-0.2, -0.15) is 0 Å². The Morgan fingerprint density at radius 2 is 2.31 bits per heavy atom. The Balaban J connectivity index is 2.06. The lowest BCUT2D eigenvalue weighted by atomic mass is 10.1. The quantitative estimate of drug-likeness (QED) is 0.663. The second-order valence-corrected chi connectivity index (χ2v) is 4.42. The Labute approximate surface area is 95.3 Å². The minimum Gasteiger partial charge on any atom is -0.468 e. The highest BCUT2D eigenvalue weighted by molar-refractivity contribution is 5.76. The first-order valence-corrected chi connectivity index (χ1v) is 5.83. The number of morpholine rings is 1. The molecule has 1 saturated carbocycles. The molecule has 2 rings (SSSR count). The molecule has 0 amide bonds. The maximum Gasteiger partial charge on any atom is 0.325 e. The van der Waals surface area contributed by atoms with E-state index in [2.05, 4.69) is 0 Å². The van der Waals surface area contributed by atoms with Crippen molar-refractivity contribution in [3.8, 4) is 0 Å². The zero-order chi connectivity index (χ0) is 11.5. The van der Waals surface area contributed by atoms with Crippen molar-refractivity contribution in [3.05, 3.63) is 0 Å². The molecule has 0 aromatic rings. The zero-order valence-electron chi connectivity index (χ0n) is 9.59. The van der Waals surface area contributed by atoms with Crippen molar-refractivity contribution < 1.29 is 19.4 Å². The van der Waals surface area contributed by atoms with Crippen LogP contribution in [0.3, 0.4) is 0 Å². The first kappa shape index (κ1) is 11.8. The smallest absolute Gasteiger partial charge is 0.325 e. The molecule has 1 N–H and O–H groups in total. The van der Waals surface area contributed by atoms with E-state index < -0.39 is 0 Å². The molecule has 5 nitrogen and oxygen atoms in total. The van der Waals surface area contributed by atoms with E-state index >= 15 is 0 Å². The first-order chi connectivity index (χ1) is 7.74. The Morgan fingerprint density at radius 3 is 2.94 bits per heavy atom. The number of aliphatic hydroxyl groups excluding tert-OH is 1. The van der Waals surface area contributed by atoms with Crippen LogP contribution in [0.25, 0.3) is 0 Å². The van der Waals surface area contributed by atoms with Crippen LogP contribution in [0.15, 0.2) is 0 Å². The minimum atomic E-state index is -0.350. The summed E-state index contributed by atoms with van der Waals surface area (Å²) in [6.07, 6.45) is 2.49. The third-order valence-electron chi connectivity index (χ3n) is 3.51. The van der Waals surface area contributed by atoms with Gasteiger partial charge in [0.25, 0.3) is 0 Å². The standard InChI is InChI=1S/C11H19NO4/c1-15-11(14)9-7-16-6-5-12(9)8-3-2-4-10(8)13/h8-10,13H,2-7H2,1H3. The van der Waals surface area contributed by atoms with Crippen molar-refractivity contribution in [3.63, 3.8) is 0 Å². The van der Waals surface area contributed by atoms with Gasteiger partial charge in [0.15, 0.2) is 0 Å². The number of methoxy groups -OCH3 is 1. The summed E-state index contributed by atoms with van der Waals surface area (Å²) in [5, 5.41) is 9.88. The lowest BCUT2D eigenvalue weighted by molar-refractivity contribution is -0.156. The van der Waals surface area contributed by atoms with Gasteiger partial charge in [0.1, 0.15) is 6.04 Å². The normalized spacial score (nSPS) is 36.2. The Bertz CT molecular complexity index is 258. The maximum absolute atomic E-state index is 11.6. The lowest BCUT2D eigenvalue weighted by Crippen LogP contribution is -2.56. The highest BCUT2D eigenvalue weighted by atomic mass is 16.5. The SMILES string of the molecule is COC(=O)C1COCCN1C1CCCC1O. The number of carbonyl (C=O) groups excluding carboxylic acids is 1. The first-order valence-electron chi connectivity index (χ1n) is 5.83. The van der Waals surface area contributed by atoms with Crippen LogP contribution in [0.1, 0.15) is 19.3 Å². The Morgan fingerprint density at radius 1 is 1.50 bits per heavy atom. The molecule has 3 atom stereocenters. The van der Waals surface area contributed by atoms with Gasteiger partial charge in [0.2, 0.25) is 0 Å². The number of esters is 1. The molecule has 92 valence electrons. The monoisotopic (exact) mass is 229 g/mol. The van der Waals surface area contributed by atoms with Crippen molar-refractivity contribution in [2.75, 3.05) is 26.9 Å². The third kappa shape index (κ3) is 2.21. The fourth-order valence-corrected chi connectivity index (χ4v) is 2.66. The fraction of sp³-hybridized carbons (Fsp3) is 0.909. The molecule has 1 saturated heterocycles. The van der Waals surface area contributed by atoms with E-state index in [1.54, 1.807) is 0 Å². The van der Waals surface area contributed by atoms with Gasteiger partial charge in [0, 0.05) is 12.6 Å². The van der Waals surface area contributed by atoms with Gasteiger partial charge in [-0.25, -0.2) is 0 Å². The third-order valence-corrected chi connectivity index (χ3v) is 3.51. The summed E-state index contributed by atoms with van der Waals surface area (Å²) in [7, 11) is 1.39. The van der Waals surface area contributed by atoms with Gasteiger partial charge in [-0.05, 0) is 19.3 Å². The number of nitrogens with zero attached hydrogens (tertiary/aromatic N) is 1. The number of carbonyl (C=O) groups is 1. The minimum absolute atomic E-state index is 0.0907. The van der Waals surface area contributed by atoms with Crippen molar-refractivity contribution in [2.24, 2.45) is 0 Å². The summed E-state index contributed by atoms with van der Waals surface area (Å²) in [6.45, 7) is 1.69. The van der Waals surface area contributed by atoms with E-state index in [4.69, 9.17) is 9.47 Å². The second-order valence-electron chi connectivity index (χ2n) is 4.42. The number of aliphatic hydroxyl groups is 1. The van der Waals surface area contributed by atoms with Gasteiger partial charge in [0.05, 0.1) is 26.4 Å². The average molecular weight is 229 g/mol. The maximum atomic E-state index is 11.6. The van der Waals surface area contributed by atoms with Crippen molar-refractivity contribution in [1.82, 2.24) is 4.90 Å². The largest absolute Gasteiger partial charge is 0.468 e. The molecule has 16 heavy (non-hydrogen) atoms. The summed E-state index contributed by atoms with van der Waals surface area (Å²) < 4.78 is 10.1. The summed E-state index contributed by atoms with van der Waals surface area (Å²) >= 11 is 0. The molecule has 1 heterocycles. The van der Waals surface area contributed by atoms with Gasteiger partial charge < -0.3 is 14.6 Å². The summed E-state index contributed by atoms with van der Waals surface area (Å²) in [4.78, 5) is 13.7. The number of rotatable bonds is 2. The molecule has 0 radical (unpaired) electrons. The van der Waals surface area contributed by atoms with Crippen LogP contribution in [0.2, 0.25) is 0 Å². The van der Waals surface area contributed by atoms with Crippen LogP contribution in [0.5, 0.6) is 0 Å². The van der Waals surface area contributed by atoms with Crippen LogP contribution in [-0.2, 0) is 14.3 Å². The van der Waals surface area contributed by atoms with Crippen molar-refractivity contribution >= 4 is 5.97 Å². The van der Waals surface area contributed by atoms with E-state index in [0.717, 1.165) is 19.3 Å². The zero-order valence-corrected chi connectivity index (χ0v) is 9.59. The summed E-state index contributed by atoms with van der Waals surface area (Å²) in [6, 6.07) is -0.260. The molecule has 0 aromatic heterocycles. The highest BCUT2D eigenvalue weighted by Crippen LogP contribution is 2.27. The van der Waals surface area contributed by atoms with Gasteiger partial charge in [-0.1, -0.05) is 0 Å². The van der Waals surface area contributed by atoms with Crippen LogP contribution in [0, 0.1) is 0 Å². The molecule has 0 aromatic carbocycles. The molecule has 1 aliphatic carbocycles. The van der Waals surface area contributed by atoms with Crippen LogP contribution >= 0.6 is 0 Å². The van der Waals surface area contributed by atoms with Crippen molar-refractivity contribution in [1.29, 1.82) is 0 Å². The predicted molar refractivity (Wildman–Crippen MR) is 57.0 cm³/mol. The van der Waals surface area contributed by atoms with Gasteiger partial charge in [-0.3, -0.25) is 9.69 Å². The highest BCUT2D eigenvalue weighted by Gasteiger charge is 2.39. The molecule has 2 fully saturated rings. The van der Waals surface area contributed by atoms with Crippen LogP contribution in [-0.4, -0.2) is 61.0 Å². The molecule has 0 bridgehead atoms. The topological polar surface area (TPSA) is 59.0 Å². The van der Waals surface area contributed by atoms with Crippen LogP contribution in [0.4, 0.5) is 0 Å². The van der Waals surface area contributed by atoms with E-state index in [-0.39, 0.29) is 24.2 Å². The van der Waals surface area contributed by atoms with Crippen molar-refractivity contribution in [2.45, 2.75) is 37.5 Å². The number of ether oxygens (including phenoxy) is 2. The van der Waals surface area contributed by atoms with E-state index in [1.165, 1.54) is 7.11 Å². The summed E-state index contributed by atoms with van der Waals surface area (Å²) in [5.41, 5.74) is 0. The second kappa shape index (κ2) is 5.12. The fourth-order valence-electron chi connectivity index (χ4n) is 2.66. The molecular formula is C11H19NO4. The summed E-state index contributed by atoms with van der Waals surface area (Å²) in [5.74, 6) is -0.265. The van der Waals surface area contributed by atoms with E-state index in [1.807, 2.05) is 4.90 Å². The average Bonchev–Trinajstić information content (AvgIpc) is 2.74. The molecule has 3 unspecified atom stereocenters. The lowest BCUT2D eigenvalue weighted by Gasteiger charge is -2.39. The molecule has 1 aliphatic heterocycles. The van der Waals surface area contributed by atoms with Gasteiger partial charge >= 0.3 is 5.97 Å². The van der Waals surface area contributed by atoms with Crippen LogP contribution < -0.4 is 0 Å². The Hall–Kier alpha value is -0.650. The van der Waals surface area contributed by atoms with E-state index in [0.29, 0.717) is 19.8 Å². The molecule has 0 spiro atoms. The molecule has 2 aliphatic rings. The number of hydrogen-bond donors (Lipinski definition) is 1. The molecular weight excluding hydrogens is 210 g/mol.